The van der Waals surface area contributed by atoms with Crippen LogP contribution in [0.1, 0.15) is 11.1 Å². The molecule has 2 aromatic carbocycles. The lowest BCUT2D eigenvalue weighted by Crippen LogP contribution is -2.02. The Morgan fingerprint density at radius 1 is 1.05 bits per heavy atom. The highest BCUT2D eigenvalue weighted by Gasteiger charge is 2.05. The molecule has 0 fully saturated rings. The van der Waals surface area contributed by atoms with Crippen molar-refractivity contribution >= 4 is 5.69 Å². The minimum atomic E-state index is 0.0397. The Morgan fingerprint density at radius 3 is 2.60 bits per heavy atom. The molecule has 2 N–H and O–H groups in total. The first-order chi connectivity index (χ1) is 9.76. The van der Waals surface area contributed by atoms with Gasteiger partial charge in [-0.05, 0) is 35.9 Å². The van der Waals surface area contributed by atoms with E-state index in [4.69, 9.17) is 14.6 Å². The molecule has 0 heterocycles. The SMILES string of the molecule is COc1ccc(OC)c(CNc2cccc(CO)c2)c1. The smallest absolute Gasteiger partial charge is 0.124 e. The molecule has 0 aliphatic rings. The Bertz CT molecular complexity index is 569. The predicted octanol–water partition coefficient (Wildman–Crippen LogP) is 2.81. The fourth-order valence-electron chi connectivity index (χ4n) is 2.00. The second kappa shape index (κ2) is 6.82. The molecule has 0 atom stereocenters. The van der Waals surface area contributed by atoms with Crippen molar-refractivity contribution in [2.75, 3.05) is 19.5 Å². The van der Waals surface area contributed by atoms with Gasteiger partial charge in [0.25, 0.3) is 0 Å². The van der Waals surface area contributed by atoms with Gasteiger partial charge in [0.05, 0.1) is 20.8 Å². The number of aliphatic hydroxyl groups excluding tert-OH is 1. The Balaban J connectivity index is 2.12. The summed E-state index contributed by atoms with van der Waals surface area (Å²) in [6.45, 7) is 0.660. The summed E-state index contributed by atoms with van der Waals surface area (Å²) in [7, 11) is 3.29. The lowest BCUT2D eigenvalue weighted by Gasteiger charge is -2.12. The maximum Gasteiger partial charge on any atom is 0.124 e. The summed E-state index contributed by atoms with van der Waals surface area (Å²) in [6, 6.07) is 13.4. The molecule has 0 bridgehead atoms. The quantitative estimate of drug-likeness (QED) is 0.849. The molecule has 2 aromatic rings. The minimum Gasteiger partial charge on any atom is -0.497 e. The Labute approximate surface area is 119 Å². The monoisotopic (exact) mass is 273 g/mol. The van der Waals surface area contributed by atoms with E-state index in [1.807, 2.05) is 42.5 Å². The van der Waals surface area contributed by atoms with E-state index in [-0.39, 0.29) is 6.61 Å². The number of aliphatic hydroxyl groups is 1. The Hall–Kier alpha value is -2.20. The number of methoxy groups -OCH3 is 2. The van der Waals surface area contributed by atoms with Gasteiger partial charge in [0, 0.05) is 17.8 Å². The molecule has 0 saturated heterocycles. The number of rotatable bonds is 6. The molecule has 0 saturated carbocycles. The van der Waals surface area contributed by atoms with Gasteiger partial charge in [-0.25, -0.2) is 0 Å². The minimum absolute atomic E-state index is 0.0397. The second-order valence-corrected chi connectivity index (χ2v) is 4.39. The molecule has 0 aliphatic carbocycles. The third-order valence-electron chi connectivity index (χ3n) is 3.08. The van der Waals surface area contributed by atoms with Crippen molar-refractivity contribution in [3.63, 3.8) is 0 Å². The summed E-state index contributed by atoms with van der Waals surface area (Å²) in [4.78, 5) is 0. The molecule has 0 amide bonds. The standard InChI is InChI=1S/C16H19NO3/c1-19-15-6-7-16(20-2)13(9-15)10-17-14-5-3-4-12(8-14)11-18/h3-9,17-18H,10-11H2,1-2H3. The first-order valence-corrected chi connectivity index (χ1v) is 6.41. The van der Waals surface area contributed by atoms with E-state index in [0.29, 0.717) is 6.54 Å². The summed E-state index contributed by atoms with van der Waals surface area (Å²) in [5.41, 5.74) is 2.86. The van der Waals surface area contributed by atoms with Gasteiger partial charge in [-0.1, -0.05) is 12.1 Å². The van der Waals surface area contributed by atoms with Gasteiger partial charge < -0.3 is 19.9 Å². The molecular weight excluding hydrogens is 254 g/mol. The molecule has 2 rings (SSSR count). The zero-order valence-electron chi connectivity index (χ0n) is 11.7. The summed E-state index contributed by atoms with van der Waals surface area (Å²) < 4.78 is 10.6. The molecule has 0 aliphatic heterocycles. The maximum absolute atomic E-state index is 9.13. The zero-order chi connectivity index (χ0) is 14.4. The number of benzene rings is 2. The van der Waals surface area contributed by atoms with Gasteiger partial charge in [-0.3, -0.25) is 0 Å². The lowest BCUT2D eigenvalue weighted by molar-refractivity contribution is 0.282. The molecule has 4 heteroatoms. The summed E-state index contributed by atoms with van der Waals surface area (Å²) in [6.07, 6.45) is 0. The van der Waals surface area contributed by atoms with E-state index < -0.39 is 0 Å². The van der Waals surface area contributed by atoms with Crippen LogP contribution in [0.5, 0.6) is 11.5 Å². The van der Waals surface area contributed by atoms with E-state index in [2.05, 4.69) is 5.32 Å². The highest BCUT2D eigenvalue weighted by atomic mass is 16.5. The molecule has 0 spiro atoms. The molecule has 106 valence electrons. The topological polar surface area (TPSA) is 50.7 Å². The van der Waals surface area contributed by atoms with Gasteiger partial charge in [-0.2, -0.15) is 0 Å². The normalized spacial score (nSPS) is 10.2. The lowest BCUT2D eigenvalue weighted by atomic mass is 10.1. The first-order valence-electron chi connectivity index (χ1n) is 6.41. The Morgan fingerprint density at radius 2 is 1.90 bits per heavy atom. The van der Waals surface area contributed by atoms with E-state index in [9.17, 15) is 0 Å². The fourth-order valence-corrected chi connectivity index (χ4v) is 2.00. The van der Waals surface area contributed by atoms with Crippen LogP contribution in [-0.4, -0.2) is 19.3 Å². The van der Waals surface area contributed by atoms with E-state index in [0.717, 1.165) is 28.3 Å². The van der Waals surface area contributed by atoms with Crippen LogP contribution in [0.25, 0.3) is 0 Å². The predicted molar refractivity (Wildman–Crippen MR) is 79.2 cm³/mol. The van der Waals surface area contributed by atoms with Crippen LogP contribution >= 0.6 is 0 Å². The zero-order valence-corrected chi connectivity index (χ0v) is 11.7. The number of nitrogens with one attached hydrogen (secondary N) is 1. The van der Waals surface area contributed by atoms with Gasteiger partial charge in [-0.15, -0.1) is 0 Å². The van der Waals surface area contributed by atoms with Crippen LogP contribution < -0.4 is 14.8 Å². The number of anilines is 1. The second-order valence-electron chi connectivity index (χ2n) is 4.39. The average molecular weight is 273 g/mol. The number of ether oxygens (including phenoxy) is 2. The van der Waals surface area contributed by atoms with Crippen LogP contribution in [0.3, 0.4) is 0 Å². The van der Waals surface area contributed by atoms with E-state index >= 15 is 0 Å². The maximum atomic E-state index is 9.13. The van der Waals surface area contributed by atoms with Crippen LogP contribution in [-0.2, 0) is 13.2 Å². The van der Waals surface area contributed by atoms with Crippen molar-refractivity contribution in [1.82, 2.24) is 0 Å². The third kappa shape index (κ3) is 3.42. The molecular formula is C16H19NO3. The largest absolute Gasteiger partial charge is 0.497 e. The van der Waals surface area contributed by atoms with Crippen molar-refractivity contribution in [3.8, 4) is 11.5 Å². The molecule has 0 unspecified atom stereocenters. The van der Waals surface area contributed by atoms with Crippen LogP contribution in [0.15, 0.2) is 42.5 Å². The first kappa shape index (κ1) is 14.2. The van der Waals surface area contributed by atoms with Gasteiger partial charge in [0.2, 0.25) is 0 Å². The van der Waals surface area contributed by atoms with Crippen molar-refractivity contribution in [3.05, 3.63) is 53.6 Å². The highest BCUT2D eigenvalue weighted by molar-refractivity contribution is 5.48. The van der Waals surface area contributed by atoms with Gasteiger partial charge in [0.1, 0.15) is 11.5 Å². The van der Waals surface area contributed by atoms with E-state index in [1.54, 1.807) is 14.2 Å². The van der Waals surface area contributed by atoms with Crippen molar-refractivity contribution in [2.24, 2.45) is 0 Å². The average Bonchev–Trinajstić information content (AvgIpc) is 2.52. The summed E-state index contributed by atoms with van der Waals surface area (Å²) >= 11 is 0. The van der Waals surface area contributed by atoms with Crippen LogP contribution in [0.2, 0.25) is 0 Å². The summed E-state index contributed by atoms with van der Waals surface area (Å²) in [5, 5.41) is 12.4. The van der Waals surface area contributed by atoms with Crippen molar-refractivity contribution in [1.29, 1.82) is 0 Å². The number of hydrogen-bond acceptors (Lipinski definition) is 4. The fraction of sp³-hybridized carbons (Fsp3) is 0.250. The van der Waals surface area contributed by atoms with Gasteiger partial charge in [0.15, 0.2) is 0 Å². The van der Waals surface area contributed by atoms with E-state index in [1.165, 1.54) is 0 Å². The van der Waals surface area contributed by atoms with Crippen LogP contribution in [0, 0.1) is 0 Å². The molecule has 0 aromatic heterocycles. The van der Waals surface area contributed by atoms with Crippen molar-refractivity contribution in [2.45, 2.75) is 13.2 Å². The molecule has 0 radical (unpaired) electrons. The third-order valence-corrected chi connectivity index (χ3v) is 3.08. The van der Waals surface area contributed by atoms with Crippen molar-refractivity contribution < 1.29 is 14.6 Å². The molecule has 20 heavy (non-hydrogen) atoms. The summed E-state index contributed by atoms with van der Waals surface area (Å²) in [5.74, 6) is 1.61. The molecule has 4 nitrogen and oxygen atoms in total. The number of hydrogen-bond donors (Lipinski definition) is 2. The van der Waals surface area contributed by atoms with Crippen LogP contribution in [0.4, 0.5) is 5.69 Å². The Kier molecular flexibility index (Phi) is 4.85. The van der Waals surface area contributed by atoms with Gasteiger partial charge >= 0.3 is 0 Å². The highest BCUT2D eigenvalue weighted by Crippen LogP contribution is 2.25.